The summed E-state index contributed by atoms with van der Waals surface area (Å²) in [4.78, 5) is 11.8. The molecule has 1 rings (SSSR count). The number of carboxylic acid groups (broad SMARTS) is 1. The van der Waals surface area contributed by atoms with Gasteiger partial charge in [0.25, 0.3) is 10.1 Å². The van der Waals surface area contributed by atoms with Crippen molar-refractivity contribution in [1.82, 2.24) is 4.90 Å². The van der Waals surface area contributed by atoms with Gasteiger partial charge in [-0.1, -0.05) is 0 Å². The molecule has 1 fully saturated rings. The third-order valence-corrected chi connectivity index (χ3v) is 2.68. The average molecular weight is 253 g/mol. The molecule has 94 valence electrons. The summed E-state index contributed by atoms with van der Waals surface area (Å²) in [5.41, 5.74) is 0. The molecule has 0 aliphatic carbocycles. The normalized spacial score (nSPS) is 22.6. The van der Waals surface area contributed by atoms with Crippen molar-refractivity contribution in [3.8, 4) is 0 Å². The summed E-state index contributed by atoms with van der Waals surface area (Å²) in [7, 11) is -3.48. The molecule has 1 N–H and O–H groups in total. The smallest absolute Gasteiger partial charge is 0.409 e. The lowest BCUT2D eigenvalue weighted by molar-refractivity contribution is -0.139. The first kappa shape index (κ1) is 13.2. The van der Waals surface area contributed by atoms with Crippen LogP contribution < -0.4 is 0 Å². The third-order valence-electron chi connectivity index (χ3n) is 2.12. The minimum absolute atomic E-state index is 0.108. The fourth-order valence-corrected chi connectivity index (χ4v) is 1.69. The van der Waals surface area contributed by atoms with E-state index in [4.69, 9.17) is 9.84 Å². The van der Waals surface area contributed by atoms with Gasteiger partial charge >= 0.3 is 6.09 Å². The van der Waals surface area contributed by atoms with Crippen LogP contribution in [0.2, 0.25) is 0 Å². The predicted octanol–water partition coefficient (Wildman–Crippen LogP) is 0.0775. The van der Waals surface area contributed by atoms with Gasteiger partial charge in [-0.05, 0) is 6.92 Å². The Kier molecular flexibility index (Phi) is 4.11. The van der Waals surface area contributed by atoms with Crippen molar-refractivity contribution in [2.75, 3.05) is 19.4 Å². The topological polar surface area (TPSA) is 93.1 Å². The van der Waals surface area contributed by atoms with Gasteiger partial charge in [-0.15, -0.1) is 0 Å². The summed E-state index contributed by atoms with van der Waals surface area (Å²) in [5, 5.41) is 8.69. The molecule has 1 saturated heterocycles. The van der Waals surface area contributed by atoms with Gasteiger partial charge in [-0.2, -0.15) is 8.42 Å². The van der Waals surface area contributed by atoms with Crippen molar-refractivity contribution < 1.29 is 27.2 Å². The lowest BCUT2D eigenvalue weighted by Gasteiger charge is -2.39. The van der Waals surface area contributed by atoms with E-state index in [1.807, 2.05) is 0 Å². The third kappa shape index (κ3) is 3.95. The van der Waals surface area contributed by atoms with Gasteiger partial charge in [-0.25, -0.2) is 4.79 Å². The van der Waals surface area contributed by atoms with Crippen LogP contribution in [-0.4, -0.2) is 56.3 Å². The van der Waals surface area contributed by atoms with Crippen LogP contribution in [0.4, 0.5) is 4.79 Å². The number of rotatable bonds is 5. The number of carbonyl (C=O) groups is 1. The van der Waals surface area contributed by atoms with Crippen LogP contribution in [0.5, 0.6) is 0 Å². The number of hydrogen-bond acceptors (Lipinski definition) is 5. The highest BCUT2D eigenvalue weighted by atomic mass is 32.2. The van der Waals surface area contributed by atoms with E-state index >= 15 is 0 Å². The quantitative estimate of drug-likeness (QED) is 0.697. The van der Waals surface area contributed by atoms with Crippen LogP contribution in [0.15, 0.2) is 0 Å². The molecule has 1 aliphatic rings. The minimum Gasteiger partial charge on any atom is -0.465 e. The second kappa shape index (κ2) is 4.98. The van der Waals surface area contributed by atoms with Crippen LogP contribution in [-0.2, 0) is 19.0 Å². The largest absolute Gasteiger partial charge is 0.465 e. The molecule has 1 heterocycles. The molecular formula is C8H15NO6S. The second-order valence-corrected chi connectivity index (χ2v) is 5.30. The highest BCUT2D eigenvalue weighted by molar-refractivity contribution is 7.85. The van der Waals surface area contributed by atoms with Crippen LogP contribution in [0.1, 0.15) is 13.3 Å². The van der Waals surface area contributed by atoms with E-state index in [-0.39, 0.29) is 6.61 Å². The average Bonchev–Trinajstić information content (AvgIpc) is 2.07. The van der Waals surface area contributed by atoms with Crippen LogP contribution in [0.25, 0.3) is 0 Å². The van der Waals surface area contributed by atoms with Crippen molar-refractivity contribution in [1.29, 1.82) is 0 Å². The van der Waals surface area contributed by atoms with E-state index in [0.717, 1.165) is 11.2 Å². The lowest BCUT2D eigenvalue weighted by atomic mass is 10.2. The predicted molar refractivity (Wildman–Crippen MR) is 54.5 cm³/mol. The van der Waals surface area contributed by atoms with Crippen molar-refractivity contribution in [3.63, 3.8) is 0 Å². The van der Waals surface area contributed by atoms with E-state index in [0.29, 0.717) is 13.0 Å². The molecule has 0 bridgehead atoms. The summed E-state index contributed by atoms with van der Waals surface area (Å²) in [6.07, 6.45) is -0.424. The Balaban J connectivity index is 2.30. The molecule has 0 aromatic rings. The molecule has 0 aromatic carbocycles. The van der Waals surface area contributed by atoms with Crippen molar-refractivity contribution in [3.05, 3.63) is 0 Å². The standard InChI is InChI=1S/C8H15NO6S/c1-6(5-14-16(2,12)13)15-7-3-4-9(7)8(10)11/h6-7H,3-5H2,1-2H3,(H,10,11). The molecule has 0 aromatic heterocycles. The Morgan fingerprint density at radius 2 is 2.25 bits per heavy atom. The maximum atomic E-state index is 10.7. The Bertz CT molecular complexity index is 354. The Hall–Kier alpha value is -0.860. The van der Waals surface area contributed by atoms with Gasteiger partial charge < -0.3 is 9.84 Å². The molecule has 2 atom stereocenters. The van der Waals surface area contributed by atoms with E-state index in [9.17, 15) is 13.2 Å². The monoisotopic (exact) mass is 253 g/mol. The minimum atomic E-state index is -3.48. The van der Waals surface area contributed by atoms with Crippen molar-refractivity contribution in [2.45, 2.75) is 25.7 Å². The Morgan fingerprint density at radius 1 is 1.62 bits per heavy atom. The van der Waals surface area contributed by atoms with Gasteiger partial charge in [0.1, 0.15) is 6.23 Å². The number of amides is 1. The molecular weight excluding hydrogens is 238 g/mol. The molecule has 2 unspecified atom stereocenters. The molecule has 7 nitrogen and oxygen atoms in total. The summed E-state index contributed by atoms with van der Waals surface area (Å²) in [5.74, 6) is 0. The Labute approximate surface area is 94.1 Å². The molecule has 1 amide bonds. The fourth-order valence-electron chi connectivity index (χ4n) is 1.25. The first-order valence-electron chi connectivity index (χ1n) is 4.79. The van der Waals surface area contributed by atoms with Crippen LogP contribution in [0.3, 0.4) is 0 Å². The maximum absolute atomic E-state index is 10.7. The molecule has 0 saturated carbocycles. The summed E-state index contributed by atoms with van der Waals surface area (Å²) >= 11 is 0. The molecule has 16 heavy (non-hydrogen) atoms. The number of ether oxygens (including phenoxy) is 1. The van der Waals surface area contributed by atoms with Crippen LogP contribution >= 0.6 is 0 Å². The molecule has 8 heteroatoms. The first-order valence-corrected chi connectivity index (χ1v) is 6.60. The van der Waals surface area contributed by atoms with Gasteiger partial charge in [0, 0.05) is 13.0 Å². The van der Waals surface area contributed by atoms with Gasteiger partial charge in [0.05, 0.1) is 19.0 Å². The van der Waals surface area contributed by atoms with E-state index in [1.165, 1.54) is 0 Å². The fraction of sp³-hybridized carbons (Fsp3) is 0.875. The summed E-state index contributed by atoms with van der Waals surface area (Å²) in [6, 6.07) is 0. The van der Waals surface area contributed by atoms with Crippen molar-refractivity contribution >= 4 is 16.2 Å². The molecule has 1 aliphatic heterocycles. The second-order valence-electron chi connectivity index (χ2n) is 3.65. The zero-order valence-electron chi connectivity index (χ0n) is 9.12. The maximum Gasteiger partial charge on any atom is 0.409 e. The summed E-state index contributed by atoms with van der Waals surface area (Å²) in [6.45, 7) is 1.96. The zero-order chi connectivity index (χ0) is 12.3. The van der Waals surface area contributed by atoms with Gasteiger partial charge in [-0.3, -0.25) is 9.08 Å². The number of nitrogens with zero attached hydrogens (tertiary/aromatic N) is 1. The van der Waals surface area contributed by atoms with E-state index in [1.54, 1.807) is 6.92 Å². The Morgan fingerprint density at radius 3 is 2.62 bits per heavy atom. The van der Waals surface area contributed by atoms with Gasteiger partial charge in [0.15, 0.2) is 0 Å². The van der Waals surface area contributed by atoms with E-state index in [2.05, 4.69) is 4.18 Å². The number of hydrogen-bond donors (Lipinski definition) is 1. The number of likely N-dealkylation sites (tertiary alicyclic amines) is 1. The SMILES string of the molecule is CC(COS(C)(=O)=O)OC1CCN1C(=O)O. The van der Waals surface area contributed by atoms with E-state index < -0.39 is 28.5 Å². The lowest BCUT2D eigenvalue weighted by Crippen LogP contribution is -2.53. The summed E-state index contributed by atoms with van der Waals surface area (Å²) < 4.78 is 31.2. The van der Waals surface area contributed by atoms with Crippen LogP contribution in [0, 0.1) is 0 Å². The molecule has 0 spiro atoms. The highest BCUT2D eigenvalue weighted by Gasteiger charge is 2.34. The zero-order valence-corrected chi connectivity index (χ0v) is 9.94. The molecule has 0 radical (unpaired) electrons. The first-order chi connectivity index (χ1) is 7.29. The van der Waals surface area contributed by atoms with Gasteiger partial charge in [0.2, 0.25) is 0 Å². The highest BCUT2D eigenvalue weighted by Crippen LogP contribution is 2.20. The van der Waals surface area contributed by atoms with Crippen molar-refractivity contribution in [2.24, 2.45) is 0 Å².